The second kappa shape index (κ2) is 5.32. The number of terminal acetylenes is 1. The Morgan fingerprint density at radius 3 is 3.07 bits per heavy atom. The van der Waals surface area contributed by atoms with Crippen LogP contribution in [0.5, 0.6) is 0 Å². The van der Waals surface area contributed by atoms with Crippen LogP contribution in [0.4, 0.5) is 0 Å². The van der Waals surface area contributed by atoms with Gasteiger partial charge in [0.15, 0.2) is 5.78 Å². The van der Waals surface area contributed by atoms with Crippen molar-refractivity contribution in [1.29, 1.82) is 0 Å². The number of aryl methyl sites for hydroxylation is 1. The summed E-state index contributed by atoms with van der Waals surface area (Å²) in [7, 11) is 0. The van der Waals surface area contributed by atoms with Crippen molar-refractivity contribution in [3.8, 4) is 12.3 Å². The summed E-state index contributed by atoms with van der Waals surface area (Å²) in [5.74, 6) is 2.35. The van der Waals surface area contributed by atoms with E-state index in [1.807, 2.05) is 13.1 Å². The van der Waals surface area contributed by atoms with Crippen LogP contribution in [0.3, 0.4) is 0 Å². The maximum atomic E-state index is 11.5. The van der Waals surface area contributed by atoms with Crippen LogP contribution >= 0.6 is 0 Å². The van der Waals surface area contributed by atoms with Crippen LogP contribution in [0.25, 0.3) is 0 Å². The van der Waals surface area contributed by atoms with Gasteiger partial charge in [0.1, 0.15) is 0 Å². The number of nitrogens with zero attached hydrogens (tertiary/aromatic N) is 2. The third-order valence-electron chi connectivity index (χ3n) is 2.14. The number of rotatable bonds is 5. The van der Waals surface area contributed by atoms with Crippen LogP contribution in [0, 0.1) is 12.3 Å². The molecule has 0 aliphatic carbocycles. The Kier molecular flexibility index (Phi) is 4.07. The number of carbonyl (C=O) groups excluding carboxylic acids is 1. The molecule has 0 amide bonds. The number of carbonyl (C=O) groups is 1. The molecule has 0 bridgehead atoms. The van der Waals surface area contributed by atoms with E-state index in [-0.39, 0.29) is 5.78 Å². The van der Waals surface area contributed by atoms with Crippen LogP contribution in [0.1, 0.15) is 18.9 Å². The fourth-order valence-electron chi connectivity index (χ4n) is 1.24. The number of hydrogen-bond donors (Lipinski definition) is 1. The van der Waals surface area contributed by atoms with Gasteiger partial charge in [0.05, 0.1) is 12.2 Å². The summed E-state index contributed by atoms with van der Waals surface area (Å²) in [4.78, 5) is 11.5. The minimum absolute atomic E-state index is 0.0383. The van der Waals surface area contributed by atoms with E-state index in [9.17, 15) is 4.79 Å². The van der Waals surface area contributed by atoms with E-state index >= 15 is 0 Å². The fourth-order valence-corrected chi connectivity index (χ4v) is 1.24. The molecule has 1 aromatic rings. The molecule has 4 nitrogen and oxygen atoms in total. The Morgan fingerprint density at radius 1 is 1.80 bits per heavy atom. The number of hydrogen-bond acceptors (Lipinski definition) is 3. The second-order valence-electron chi connectivity index (χ2n) is 3.36. The van der Waals surface area contributed by atoms with Crippen LogP contribution in [0.2, 0.25) is 0 Å². The third-order valence-corrected chi connectivity index (χ3v) is 2.14. The highest BCUT2D eigenvalue weighted by Gasteiger charge is 2.13. The van der Waals surface area contributed by atoms with Gasteiger partial charge in [0, 0.05) is 25.6 Å². The standard InChI is InChI=1S/C11H15N3O/c1-3-5-10(12)11(15)6-9-7-13-14(4-2)8-9/h1,7-8,10H,4-6,12H2,2H3. The summed E-state index contributed by atoms with van der Waals surface area (Å²) in [6.45, 7) is 2.78. The van der Waals surface area contributed by atoms with E-state index in [2.05, 4.69) is 11.0 Å². The topological polar surface area (TPSA) is 60.9 Å². The molecule has 80 valence electrons. The first-order valence-electron chi connectivity index (χ1n) is 4.90. The van der Waals surface area contributed by atoms with Gasteiger partial charge >= 0.3 is 0 Å². The highest BCUT2D eigenvalue weighted by molar-refractivity contribution is 5.86. The maximum Gasteiger partial charge on any atom is 0.154 e. The van der Waals surface area contributed by atoms with Crippen LogP contribution < -0.4 is 5.73 Å². The van der Waals surface area contributed by atoms with Crippen molar-refractivity contribution < 1.29 is 4.79 Å². The lowest BCUT2D eigenvalue weighted by molar-refractivity contribution is -0.119. The fraction of sp³-hybridized carbons (Fsp3) is 0.455. The minimum atomic E-state index is -0.556. The van der Waals surface area contributed by atoms with Crippen molar-refractivity contribution in [2.75, 3.05) is 0 Å². The molecule has 1 heterocycles. The molecule has 1 atom stereocenters. The lowest BCUT2D eigenvalue weighted by atomic mass is 10.1. The van der Waals surface area contributed by atoms with Gasteiger partial charge in [0.2, 0.25) is 0 Å². The summed E-state index contributed by atoms with van der Waals surface area (Å²) in [6, 6.07) is -0.556. The van der Waals surface area contributed by atoms with Crippen molar-refractivity contribution >= 4 is 5.78 Å². The zero-order chi connectivity index (χ0) is 11.3. The largest absolute Gasteiger partial charge is 0.321 e. The van der Waals surface area contributed by atoms with E-state index in [0.29, 0.717) is 12.8 Å². The van der Waals surface area contributed by atoms with Crippen molar-refractivity contribution in [2.45, 2.75) is 32.4 Å². The summed E-state index contributed by atoms with van der Waals surface area (Å²) in [5.41, 5.74) is 6.48. The van der Waals surface area contributed by atoms with E-state index in [4.69, 9.17) is 12.2 Å². The second-order valence-corrected chi connectivity index (χ2v) is 3.36. The zero-order valence-corrected chi connectivity index (χ0v) is 8.81. The van der Waals surface area contributed by atoms with Gasteiger partial charge in [-0.3, -0.25) is 9.48 Å². The Hall–Kier alpha value is -1.60. The average Bonchev–Trinajstić information content (AvgIpc) is 2.66. The first-order chi connectivity index (χ1) is 7.17. The van der Waals surface area contributed by atoms with E-state index in [1.165, 1.54) is 0 Å². The highest BCUT2D eigenvalue weighted by atomic mass is 16.1. The molecule has 4 heteroatoms. The molecule has 0 saturated carbocycles. The predicted octanol–water partition coefficient (Wildman–Crippen LogP) is 0.365. The van der Waals surface area contributed by atoms with Crippen molar-refractivity contribution in [1.82, 2.24) is 9.78 Å². The van der Waals surface area contributed by atoms with Crippen molar-refractivity contribution in [3.63, 3.8) is 0 Å². The predicted molar refractivity (Wildman–Crippen MR) is 58.0 cm³/mol. The number of nitrogens with two attached hydrogens (primary N) is 1. The molecule has 0 aliphatic heterocycles. The quantitative estimate of drug-likeness (QED) is 0.706. The smallest absolute Gasteiger partial charge is 0.154 e. The van der Waals surface area contributed by atoms with Gasteiger partial charge in [-0.05, 0) is 12.5 Å². The summed E-state index contributed by atoms with van der Waals surface area (Å²) >= 11 is 0. The Bertz CT molecular complexity index is 375. The molecule has 1 aromatic heterocycles. The molecule has 0 aliphatic rings. The summed E-state index contributed by atoms with van der Waals surface area (Å²) in [5, 5.41) is 4.08. The molecule has 15 heavy (non-hydrogen) atoms. The van der Waals surface area contributed by atoms with Gasteiger partial charge in [0.25, 0.3) is 0 Å². The first-order valence-corrected chi connectivity index (χ1v) is 4.90. The van der Waals surface area contributed by atoms with E-state index < -0.39 is 6.04 Å². The number of ketones is 1. The minimum Gasteiger partial charge on any atom is -0.321 e. The van der Waals surface area contributed by atoms with Gasteiger partial charge in [-0.15, -0.1) is 12.3 Å². The highest BCUT2D eigenvalue weighted by Crippen LogP contribution is 2.02. The van der Waals surface area contributed by atoms with Crippen LogP contribution in [0.15, 0.2) is 12.4 Å². The Labute approximate surface area is 89.5 Å². The van der Waals surface area contributed by atoms with Gasteiger partial charge < -0.3 is 5.73 Å². The molecule has 0 aromatic carbocycles. The maximum absolute atomic E-state index is 11.5. The first kappa shape index (κ1) is 11.5. The van der Waals surface area contributed by atoms with E-state index in [0.717, 1.165) is 12.1 Å². The molecule has 1 rings (SSSR count). The monoisotopic (exact) mass is 205 g/mol. The lowest BCUT2D eigenvalue weighted by Gasteiger charge is -2.04. The molecule has 0 spiro atoms. The average molecular weight is 205 g/mol. The number of Topliss-reactive ketones (excluding diaryl/α,β-unsaturated/α-hetero) is 1. The van der Waals surface area contributed by atoms with Gasteiger partial charge in [-0.2, -0.15) is 5.10 Å². The normalized spacial score (nSPS) is 12.1. The third kappa shape index (κ3) is 3.22. The number of aromatic nitrogens is 2. The van der Waals surface area contributed by atoms with Crippen LogP contribution in [-0.2, 0) is 17.8 Å². The van der Waals surface area contributed by atoms with Crippen LogP contribution in [-0.4, -0.2) is 21.6 Å². The molecular weight excluding hydrogens is 190 g/mol. The van der Waals surface area contributed by atoms with Gasteiger partial charge in [-0.25, -0.2) is 0 Å². The zero-order valence-electron chi connectivity index (χ0n) is 8.81. The summed E-state index contributed by atoms with van der Waals surface area (Å²) in [6.07, 6.45) is 9.22. The van der Waals surface area contributed by atoms with Crippen molar-refractivity contribution in [2.24, 2.45) is 5.73 Å². The molecule has 1 unspecified atom stereocenters. The Balaban J connectivity index is 2.55. The summed E-state index contributed by atoms with van der Waals surface area (Å²) < 4.78 is 1.77. The SMILES string of the molecule is C#CCC(N)C(=O)Cc1cnn(CC)c1. The van der Waals surface area contributed by atoms with Crippen molar-refractivity contribution in [3.05, 3.63) is 18.0 Å². The van der Waals surface area contributed by atoms with Gasteiger partial charge in [-0.1, -0.05) is 0 Å². The molecule has 2 N–H and O–H groups in total. The molecular formula is C11H15N3O. The lowest BCUT2D eigenvalue weighted by Crippen LogP contribution is -2.31. The Morgan fingerprint density at radius 2 is 2.53 bits per heavy atom. The molecule has 0 fully saturated rings. The molecule has 0 radical (unpaired) electrons. The molecule has 0 saturated heterocycles. The van der Waals surface area contributed by atoms with E-state index in [1.54, 1.807) is 10.9 Å².